The van der Waals surface area contributed by atoms with E-state index >= 15 is 0 Å². The van der Waals surface area contributed by atoms with E-state index in [1.165, 1.54) is 25.7 Å². The Morgan fingerprint density at radius 3 is 2.88 bits per heavy atom. The molecule has 4 heteroatoms. The van der Waals surface area contributed by atoms with Crippen molar-refractivity contribution >= 4 is 11.8 Å². The topological polar surface area (TPSA) is 62.2 Å². The number of aromatic carboxylic acids is 1. The maximum Gasteiger partial charge on any atom is 0.339 e. The third kappa shape index (κ3) is 2.75. The van der Waals surface area contributed by atoms with Crippen LogP contribution in [-0.4, -0.2) is 22.1 Å². The number of rotatable bonds is 4. The molecule has 92 valence electrons. The van der Waals surface area contributed by atoms with Crippen molar-refractivity contribution in [2.75, 3.05) is 5.32 Å². The van der Waals surface area contributed by atoms with Gasteiger partial charge < -0.3 is 10.4 Å². The van der Waals surface area contributed by atoms with Gasteiger partial charge in [-0.2, -0.15) is 0 Å². The van der Waals surface area contributed by atoms with Crippen LogP contribution in [0.1, 0.15) is 43.0 Å². The predicted octanol–water partition coefficient (Wildman–Crippen LogP) is 2.77. The summed E-state index contributed by atoms with van der Waals surface area (Å²) in [6, 6.07) is 3.51. The standard InChI is InChI=1S/C13H18N2O2/c1-9(10-5-2-3-6-10)15-12-11(13(16)17)7-4-8-14-12/h4,7-10H,2-3,5-6H2,1H3,(H,14,15)(H,16,17). The van der Waals surface area contributed by atoms with Gasteiger partial charge in [-0.15, -0.1) is 0 Å². The average Bonchev–Trinajstić information content (AvgIpc) is 2.83. The lowest BCUT2D eigenvalue weighted by Gasteiger charge is -2.21. The molecule has 1 unspecified atom stereocenters. The molecule has 0 saturated heterocycles. The van der Waals surface area contributed by atoms with Gasteiger partial charge in [0.25, 0.3) is 0 Å². The number of carbonyl (C=O) groups is 1. The summed E-state index contributed by atoms with van der Waals surface area (Å²) < 4.78 is 0. The number of pyridine rings is 1. The molecule has 1 aromatic heterocycles. The van der Waals surface area contributed by atoms with Crippen LogP contribution in [0.5, 0.6) is 0 Å². The zero-order valence-electron chi connectivity index (χ0n) is 10.0. The molecule has 1 aliphatic carbocycles. The summed E-state index contributed by atoms with van der Waals surface area (Å²) >= 11 is 0. The van der Waals surface area contributed by atoms with Crippen LogP contribution in [0.15, 0.2) is 18.3 Å². The van der Waals surface area contributed by atoms with Crippen LogP contribution in [0.4, 0.5) is 5.82 Å². The monoisotopic (exact) mass is 234 g/mol. The lowest BCUT2D eigenvalue weighted by molar-refractivity contribution is 0.0697. The van der Waals surface area contributed by atoms with Gasteiger partial charge in [0.05, 0.1) is 0 Å². The molecule has 1 aliphatic rings. The van der Waals surface area contributed by atoms with Crippen molar-refractivity contribution in [3.05, 3.63) is 23.9 Å². The van der Waals surface area contributed by atoms with E-state index in [0.29, 0.717) is 11.7 Å². The molecule has 4 nitrogen and oxygen atoms in total. The Morgan fingerprint density at radius 2 is 2.24 bits per heavy atom. The van der Waals surface area contributed by atoms with E-state index in [0.717, 1.165) is 0 Å². The molecule has 1 fully saturated rings. The normalized spacial score (nSPS) is 17.9. The van der Waals surface area contributed by atoms with Crippen LogP contribution < -0.4 is 5.32 Å². The number of nitrogens with zero attached hydrogens (tertiary/aromatic N) is 1. The molecule has 0 aliphatic heterocycles. The van der Waals surface area contributed by atoms with Gasteiger partial charge in [0.1, 0.15) is 11.4 Å². The number of anilines is 1. The summed E-state index contributed by atoms with van der Waals surface area (Å²) in [6.45, 7) is 2.11. The Hall–Kier alpha value is -1.58. The van der Waals surface area contributed by atoms with E-state index in [9.17, 15) is 4.79 Å². The van der Waals surface area contributed by atoms with Crippen LogP contribution in [0, 0.1) is 5.92 Å². The fourth-order valence-corrected chi connectivity index (χ4v) is 2.48. The van der Waals surface area contributed by atoms with Gasteiger partial charge in [-0.3, -0.25) is 0 Å². The summed E-state index contributed by atoms with van der Waals surface area (Å²) in [5.41, 5.74) is 0.248. The molecule has 0 spiro atoms. The van der Waals surface area contributed by atoms with Gasteiger partial charge in [-0.25, -0.2) is 9.78 Å². The summed E-state index contributed by atoms with van der Waals surface area (Å²) in [5, 5.41) is 12.3. The maximum atomic E-state index is 11.0. The van der Waals surface area contributed by atoms with Crippen molar-refractivity contribution in [2.24, 2.45) is 5.92 Å². The van der Waals surface area contributed by atoms with Crippen molar-refractivity contribution in [1.82, 2.24) is 4.98 Å². The first kappa shape index (κ1) is 11.9. The molecule has 2 rings (SSSR count). The highest BCUT2D eigenvalue weighted by atomic mass is 16.4. The Balaban J connectivity index is 2.09. The maximum absolute atomic E-state index is 11.0. The third-order valence-corrected chi connectivity index (χ3v) is 3.51. The van der Waals surface area contributed by atoms with Gasteiger partial charge in [0.2, 0.25) is 0 Å². The molecular weight excluding hydrogens is 216 g/mol. The van der Waals surface area contributed by atoms with Crippen molar-refractivity contribution < 1.29 is 9.90 Å². The summed E-state index contributed by atoms with van der Waals surface area (Å²) in [5.74, 6) is 0.192. The van der Waals surface area contributed by atoms with Gasteiger partial charge in [-0.05, 0) is 37.8 Å². The second-order valence-corrected chi connectivity index (χ2v) is 4.68. The van der Waals surface area contributed by atoms with Crippen LogP contribution in [0.3, 0.4) is 0 Å². The minimum atomic E-state index is -0.931. The smallest absolute Gasteiger partial charge is 0.339 e. The molecule has 1 heterocycles. The lowest BCUT2D eigenvalue weighted by atomic mass is 10.00. The van der Waals surface area contributed by atoms with Crippen LogP contribution in [-0.2, 0) is 0 Å². The fourth-order valence-electron chi connectivity index (χ4n) is 2.48. The molecule has 1 aromatic rings. The molecule has 1 atom stereocenters. The summed E-state index contributed by atoms with van der Waals surface area (Å²) in [4.78, 5) is 15.2. The van der Waals surface area contributed by atoms with Gasteiger partial charge >= 0.3 is 5.97 Å². The molecule has 0 aromatic carbocycles. The minimum absolute atomic E-state index is 0.248. The SMILES string of the molecule is CC(Nc1ncccc1C(=O)O)C1CCCC1. The Morgan fingerprint density at radius 1 is 1.53 bits per heavy atom. The van der Waals surface area contributed by atoms with Crippen molar-refractivity contribution in [1.29, 1.82) is 0 Å². The first-order valence-corrected chi connectivity index (χ1v) is 6.13. The lowest BCUT2D eigenvalue weighted by Crippen LogP contribution is -2.25. The summed E-state index contributed by atoms with van der Waals surface area (Å²) in [6.07, 6.45) is 6.64. The zero-order chi connectivity index (χ0) is 12.3. The molecule has 0 radical (unpaired) electrons. The van der Waals surface area contributed by atoms with Crippen molar-refractivity contribution in [2.45, 2.75) is 38.6 Å². The van der Waals surface area contributed by atoms with E-state index in [2.05, 4.69) is 17.2 Å². The molecule has 2 N–H and O–H groups in total. The van der Waals surface area contributed by atoms with E-state index in [1.807, 2.05) is 0 Å². The zero-order valence-corrected chi connectivity index (χ0v) is 10.0. The Kier molecular flexibility index (Phi) is 3.61. The van der Waals surface area contributed by atoms with Crippen LogP contribution >= 0.6 is 0 Å². The number of hydrogen-bond donors (Lipinski definition) is 2. The van der Waals surface area contributed by atoms with E-state index in [-0.39, 0.29) is 11.6 Å². The molecule has 0 bridgehead atoms. The van der Waals surface area contributed by atoms with E-state index in [4.69, 9.17) is 5.11 Å². The molecule has 17 heavy (non-hydrogen) atoms. The molecule has 0 amide bonds. The average molecular weight is 234 g/mol. The predicted molar refractivity (Wildman–Crippen MR) is 66.2 cm³/mol. The number of carboxylic acid groups (broad SMARTS) is 1. The number of aromatic nitrogens is 1. The van der Waals surface area contributed by atoms with Crippen molar-refractivity contribution in [3.8, 4) is 0 Å². The van der Waals surface area contributed by atoms with Gasteiger partial charge in [0, 0.05) is 12.2 Å². The van der Waals surface area contributed by atoms with E-state index in [1.54, 1.807) is 18.3 Å². The fraction of sp³-hybridized carbons (Fsp3) is 0.538. The Bertz CT molecular complexity index is 400. The first-order chi connectivity index (χ1) is 8.18. The van der Waals surface area contributed by atoms with Crippen molar-refractivity contribution in [3.63, 3.8) is 0 Å². The highest BCUT2D eigenvalue weighted by Gasteiger charge is 2.22. The third-order valence-electron chi connectivity index (χ3n) is 3.51. The quantitative estimate of drug-likeness (QED) is 0.840. The minimum Gasteiger partial charge on any atom is -0.478 e. The molecular formula is C13H18N2O2. The highest BCUT2D eigenvalue weighted by molar-refractivity contribution is 5.93. The summed E-state index contributed by atoms with van der Waals surface area (Å²) in [7, 11) is 0. The largest absolute Gasteiger partial charge is 0.478 e. The highest BCUT2D eigenvalue weighted by Crippen LogP contribution is 2.29. The van der Waals surface area contributed by atoms with Gasteiger partial charge in [0.15, 0.2) is 0 Å². The number of hydrogen-bond acceptors (Lipinski definition) is 3. The van der Waals surface area contributed by atoms with E-state index < -0.39 is 5.97 Å². The number of carboxylic acids is 1. The second-order valence-electron chi connectivity index (χ2n) is 4.68. The van der Waals surface area contributed by atoms with Gasteiger partial charge in [-0.1, -0.05) is 12.8 Å². The van der Waals surface area contributed by atoms with Crippen LogP contribution in [0.25, 0.3) is 0 Å². The number of nitrogens with one attached hydrogen (secondary N) is 1. The van der Waals surface area contributed by atoms with Crippen LogP contribution in [0.2, 0.25) is 0 Å². The Labute approximate surface area is 101 Å². The molecule has 1 saturated carbocycles. The first-order valence-electron chi connectivity index (χ1n) is 6.13. The second kappa shape index (κ2) is 5.17.